The van der Waals surface area contributed by atoms with Crippen LogP contribution in [0.4, 0.5) is 4.79 Å². The van der Waals surface area contributed by atoms with Gasteiger partial charge in [0.15, 0.2) is 0 Å². The maximum absolute atomic E-state index is 14.2. The summed E-state index contributed by atoms with van der Waals surface area (Å²) in [6.07, 6.45) is 6.87. The molecule has 3 N–H and O–H groups in total. The Balaban J connectivity index is 1.21. The van der Waals surface area contributed by atoms with E-state index in [2.05, 4.69) is 23.9 Å². The van der Waals surface area contributed by atoms with Crippen molar-refractivity contribution in [2.24, 2.45) is 5.92 Å². The minimum Gasteiger partial charge on any atom is -0.488 e. The number of aliphatic hydroxyl groups is 1. The number of hydrogen-bond acceptors (Lipinski definition) is 10. The van der Waals surface area contributed by atoms with Crippen molar-refractivity contribution in [3.63, 3.8) is 0 Å². The first-order valence-electron chi connectivity index (χ1n) is 17.7. The molecule has 7 rings (SSSR count). The zero-order chi connectivity index (χ0) is 36.9. The van der Waals surface area contributed by atoms with Gasteiger partial charge in [-0.3, -0.25) is 14.3 Å². The number of aliphatic hydroxyl groups excluding tert-OH is 1. The smallest absolute Gasteiger partial charge is 0.319 e. The van der Waals surface area contributed by atoms with E-state index in [-0.39, 0.29) is 42.8 Å². The molecule has 1 aromatic carbocycles. The number of fused-ring (bicyclic) bond motifs is 3. The lowest BCUT2D eigenvalue weighted by Crippen LogP contribution is -2.57. The number of amides is 4. The standard InChI is InChI=1S/C36H43ClN6O7S2/c1-20(2)27-19-51-32(39-27)26-15-29(25-12-9-21(18-44)30(37)31(25)38-26)50-23-14-28-33(45)42(3)13-7-5-4-6-8-22-16-36(22,40-35(47)43(28)17-23)34(46)41-52(48,49)24-10-11-24/h6,8-9,12,15,19-20,22-24,28,44H,4-5,7,10-11,13-14,16-18H2,1-3H3,(H,40,47)(H,41,46)/b8-6-/t22-,23-,28-,36+/m0/s1. The van der Waals surface area contributed by atoms with E-state index in [9.17, 15) is 27.9 Å². The van der Waals surface area contributed by atoms with Gasteiger partial charge in [-0.1, -0.05) is 43.7 Å². The molecule has 0 unspecified atom stereocenters. The van der Waals surface area contributed by atoms with Gasteiger partial charge in [0, 0.05) is 42.8 Å². The summed E-state index contributed by atoms with van der Waals surface area (Å²) in [5.41, 5.74) is 0.920. The Kier molecular flexibility index (Phi) is 10.00. The van der Waals surface area contributed by atoms with Gasteiger partial charge in [0.25, 0.3) is 5.91 Å². The average molecular weight is 771 g/mol. The minimum atomic E-state index is -3.86. The Morgan fingerprint density at radius 1 is 1.23 bits per heavy atom. The topological polar surface area (TPSA) is 171 Å². The number of hydrogen-bond donors (Lipinski definition) is 3. The van der Waals surface area contributed by atoms with Gasteiger partial charge in [-0.25, -0.2) is 23.2 Å². The Bertz CT molecular complexity index is 2050. The molecule has 4 aliphatic rings. The van der Waals surface area contributed by atoms with E-state index < -0.39 is 50.8 Å². The summed E-state index contributed by atoms with van der Waals surface area (Å²) in [5.74, 6) is -0.770. The molecule has 3 fully saturated rings. The summed E-state index contributed by atoms with van der Waals surface area (Å²) in [5, 5.41) is 15.7. The second kappa shape index (κ2) is 14.2. The van der Waals surface area contributed by atoms with Crippen molar-refractivity contribution >= 4 is 61.7 Å². The number of nitrogens with zero attached hydrogens (tertiary/aromatic N) is 4. The Morgan fingerprint density at radius 2 is 2.02 bits per heavy atom. The summed E-state index contributed by atoms with van der Waals surface area (Å²) in [7, 11) is -2.14. The van der Waals surface area contributed by atoms with Crippen molar-refractivity contribution in [3.8, 4) is 16.5 Å². The number of benzene rings is 1. The van der Waals surface area contributed by atoms with Gasteiger partial charge < -0.3 is 25.0 Å². The molecule has 2 aromatic heterocycles. The molecule has 52 heavy (non-hydrogen) atoms. The van der Waals surface area contributed by atoms with Crippen molar-refractivity contribution in [1.82, 2.24) is 29.8 Å². The molecular weight excluding hydrogens is 728 g/mol. The largest absolute Gasteiger partial charge is 0.488 e. The molecule has 4 heterocycles. The van der Waals surface area contributed by atoms with E-state index in [1.165, 1.54) is 16.2 Å². The summed E-state index contributed by atoms with van der Waals surface area (Å²) in [6.45, 7) is 4.36. The zero-order valence-electron chi connectivity index (χ0n) is 29.3. The number of pyridine rings is 1. The molecule has 4 amide bonds. The van der Waals surface area contributed by atoms with Crippen LogP contribution >= 0.6 is 22.9 Å². The second-order valence-electron chi connectivity index (χ2n) is 14.5. The number of nitrogens with one attached hydrogen (secondary N) is 2. The van der Waals surface area contributed by atoms with Crippen molar-refractivity contribution < 1.29 is 32.6 Å². The van der Waals surface area contributed by atoms with Crippen LogP contribution in [0.25, 0.3) is 21.6 Å². The van der Waals surface area contributed by atoms with Crippen LogP contribution in [-0.4, -0.2) is 94.2 Å². The highest BCUT2D eigenvalue weighted by molar-refractivity contribution is 7.91. The second-order valence-corrected chi connectivity index (χ2v) is 17.7. The number of thiazole rings is 1. The zero-order valence-corrected chi connectivity index (χ0v) is 31.7. The molecule has 2 aliphatic carbocycles. The van der Waals surface area contributed by atoms with Crippen molar-refractivity contribution in [1.29, 1.82) is 0 Å². The van der Waals surface area contributed by atoms with Crippen LogP contribution in [0.2, 0.25) is 5.02 Å². The lowest BCUT2D eigenvalue weighted by molar-refractivity contribution is -0.134. The Labute approximate surface area is 311 Å². The summed E-state index contributed by atoms with van der Waals surface area (Å²) in [6, 6.07) is 3.71. The number of likely N-dealkylation sites (N-methyl/N-ethyl adjacent to an activating group) is 1. The molecule has 16 heteroatoms. The normalized spacial score (nSPS) is 26.1. The van der Waals surface area contributed by atoms with Gasteiger partial charge in [0.1, 0.15) is 34.1 Å². The fourth-order valence-corrected chi connectivity index (χ4v) is 9.52. The number of carbonyl (C=O) groups is 3. The number of urea groups is 1. The number of halogens is 1. The van der Waals surface area contributed by atoms with Crippen LogP contribution in [0.5, 0.6) is 5.75 Å². The van der Waals surface area contributed by atoms with Crippen molar-refractivity contribution in [2.45, 2.75) is 94.3 Å². The van der Waals surface area contributed by atoms with Crippen LogP contribution < -0.4 is 14.8 Å². The highest BCUT2D eigenvalue weighted by Gasteiger charge is 2.62. The Morgan fingerprint density at radius 3 is 2.73 bits per heavy atom. The van der Waals surface area contributed by atoms with E-state index in [0.717, 1.165) is 25.0 Å². The van der Waals surface area contributed by atoms with Crippen molar-refractivity contribution in [3.05, 3.63) is 52.0 Å². The van der Waals surface area contributed by atoms with Crippen molar-refractivity contribution in [2.75, 3.05) is 20.1 Å². The highest BCUT2D eigenvalue weighted by Crippen LogP contribution is 2.46. The molecule has 1 saturated heterocycles. The number of carbonyl (C=O) groups excluding carboxylic acids is 3. The van der Waals surface area contributed by atoms with Gasteiger partial charge in [0.2, 0.25) is 15.9 Å². The van der Waals surface area contributed by atoms with Gasteiger partial charge in [-0.05, 0) is 56.1 Å². The first-order valence-corrected chi connectivity index (χ1v) is 20.5. The number of ether oxygens (including phenoxy) is 1. The monoisotopic (exact) mass is 770 g/mol. The third kappa shape index (κ3) is 7.12. The number of rotatable bonds is 8. The molecular formula is C36H43ClN6O7S2. The molecule has 278 valence electrons. The summed E-state index contributed by atoms with van der Waals surface area (Å²) >= 11 is 8.20. The van der Waals surface area contributed by atoms with Crippen LogP contribution in [0, 0.1) is 5.92 Å². The van der Waals surface area contributed by atoms with Crippen LogP contribution in [0.1, 0.15) is 76.0 Å². The molecule has 4 atom stereocenters. The van der Waals surface area contributed by atoms with Crippen LogP contribution in [-0.2, 0) is 26.2 Å². The quantitative estimate of drug-likeness (QED) is 0.274. The SMILES string of the molecule is CC(C)c1csc(-c2cc(O[C@H]3C[C@H]4C(=O)N(C)CCCC/C=C\[C@H]5C[C@@]5(C(=O)NS(=O)(=O)C5CC5)NC(=O)N4C3)c3ccc(CO)c(Cl)c3n2)n1. The maximum atomic E-state index is 14.2. The predicted molar refractivity (Wildman–Crippen MR) is 197 cm³/mol. The summed E-state index contributed by atoms with van der Waals surface area (Å²) in [4.78, 5) is 54.4. The van der Waals surface area contributed by atoms with E-state index in [4.69, 9.17) is 26.3 Å². The number of allylic oxidation sites excluding steroid dienone is 1. The lowest BCUT2D eigenvalue weighted by atomic mass is 10.1. The third-order valence-electron chi connectivity index (χ3n) is 10.4. The van der Waals surface area contributed by atoms with Crippen LogP contribution in [0.3, 0.4) is 0 Å². The fourth-order valence-electron chi connectivity index (χ4n) is 6.95. The molecule has 13 nitrogen and oxygen atoms in total. The lowest BCUT2D eigenvalue weighted by Gasteiger charge is -2.30. The molecule has 2 aliphatic heterocycles. The number of aromatic nitrogens is 2. The van der Waals surface area contributed by atoms with Gasteiger partial charge in [-0.2, -0.15) is 0 Å². The Hall–Kier alpha value is -3.79. The average Bonchev–Trinajstić information content (AvgIpc) is 3.98. The predicted octanol–water partition coefficient (Wildman–Crippen LogP) is 4.72. The highest BCUT2D eigenvalue weighted by atomic mass is 35.5. The molecule has 0 spiro atoms. The van der Waals surface area contributed by atoms with E-state index in [1.807, 2.05) is 17.5 Å². The fraction of sp³-hybridized carbons (Fsp3) is 0.528. The summed E-state index contributed by atoms with van der Waals surface area (Å²) < 4.78 is 34.4. The maximum Gasteiger partial charge on any atom is 0.319 e. The van der Waals surface area contributed by atoms with Gasteiger partial charge in [0.05, 0.1) is 34.6 Å². The molecule has 0 bridgehead atoms. The first-order chi connectivity index (χ1) is 24.8. The van der Waals surface area contributed by atoms with E-state index in [1.54, 1.807) is 30.1 Å². The third-order valence-corrected chi connectivity index (χ3v) is 13.5. The molecule has 2 saturated carbocycles. The number of sulfonamides is 1. The van der Waals surface area contributed by atoms with Gasteiger partial charge >= 0.3 is 6.03 Å². The van der Waals surface area contributed by atoms with E-state index >= 15 is 0 Å². The van der Waals surface area contributed by atoms with E-state index in [0.29, 0.717) is 52.3 Å². The first kappa shape index (κ1) is 36.6. The molecule has 3 aromatic rings. The van der Waals surface area contributed by atoms with Crippen LogP contribution in [0.15, 0.2) is 35.7 Å². The minimum absolute atomic E-state index is 0.0189. The molecule has 0 radical (unpaired) electrons. The van der Waals surface area contributed by atoms with Gasteiger partial charge in [-0.15, -0.1) is 11.3 Å².